The summed E-state index contributed by atoms with van der Waals surface area (Å²) >= 11 is 0. The van der Waals surface area contributed by atoms with Gasteiger partial charge in [-0.2, -0.15) is 4.68 Å². The molecular weight excluding hydrogens is 403 g/mol. The van der Waals surface area contributed by atoms with Crippen LogP contribution >= 0.6 is 0 Å². The Labute approximate surface area is 189 Å². The van der Waals surface area contributed by atoms with E-state index in [4.69, 9.17) is 0 Å². The number of benzene rings is 2. The van der Waals surface area contributed by atoms with Crippen LogP contribution in [0, 0.1) is 24.1 Å². The molecule has 4 rings (SSSR count). The zero-order valence-electron chi connectivity index (χ0n) is 19.7. The van der Waals surface area contributed by atoms with Gasteiger partial charge in [-0.25, -0.2) is 4.39 Å². The summed E-state index contributed by atoms with van der Waals surface area (Å²) in [6.45, 7) is 12.2. The van der Waals surface area contributed by atoms with Crippen molar-refractivity contribution in [2.45, 2.75) is 66.2 Å². The van der Waals surface area contributed by atoms with Gasteiger partial charge in [-0.3, -0.25) is 4.79 Å². The molecule has 0 atom stereocenters. The topological polar surface area (TPSA) is 60.7 Å². The third-order valence-electron chi connectivity index (χ3n) is 6.41. The zero-order chi connectivity index (χ0) is 23.3. The zero-order valence-corrected chi connectivity index (χ0v) is 19.7. The molecule has 168 valence electrons. The summed E-state index contributed by atoms with van der Waals surface area (Å²) in [5.41, 5.74) is 3.32. The molecule has 1 aliphatic rings. The van der Waals surface area contributed by atoms with Crippen molar-refractivity contribution in [1.82, 2.24) is 20.2 Å². The predicted molar refractivity (Wildman–Crippen MR) is 123 cm³/mol. The number of aromatic nitrogens is 4. The Bertz CT molecular complexity index is 1170. The van der Waals surface area contributed by atoms with E-state index >= 15 is 0 Å². The van der Waals surface area contributed by atoms with Crippen LogP contribution in [0.5, 0.6) is 0 Å². The van der Waals surface area contributed by atoms with Crippen LogP contribution in [0.25, 0.3) is 16.8 Å². The van der Waals surface area contributed by atoms with Gasteiger partial charge in [0.2, 0.25) is 0 Å². The third kappa shape index (κ3) is 4.50. The Morgan fingerprint density at radius 3 is 2.41 bits per heavy atom. The van der Waals surface area contributed by atoms with E-state index in [-0.39, 0.29) is 22.4 Å². The molecule has 1 aliphatic carbocycles. The number of tetrazole rings is 1. The normalized spacial score (nSPS) is 14.6. The molecule has 1 saturated carbocycles. The molecule has 6 heteroatoms. The molecule has 0 aliphatic heterocycles. The maximum absolute atomic E-state index is 13.9. The molecule has 2 aromatic carbocycles. The highest BCUT2D eigenvalue weighted by molar-refractivity contribution is 5.98. The number of nitrogens with zero attached hydrogens (tertiary/aromatic N) is 4. The van der Waals surface area contributed by atoms with E-state index in [9.17, 15) is 9.18 Å². The van der Waals surface area contributed by atoms with E-state index in [0.717, 1.165) is 16.8 Å². The quantitative estimate of drug-likeness (QED) is 0.441. The van der Waals surface area contributed by atoms with Crippen molar-refractivity contribution in [2.24, 2.45) is 11.3 Å². The van der Waals surface area contributed by atoms with Gasteiger partial charge >= 0.3 is 0 Å². The van der Waals surface area contributed by atoms with Crippen LogP contribution in [-0.4, -0.2) is 26.0 Å². The van der Waals surface area contributed by atoms with Crippen molar-refractivity contribution in [3.05, 3.63) is 59.2 Å². The molecule has 1 fully saturated rings. The lowest BCUT2D eigenvalue weighted by atomic mass is 9.80. The minimum atomic E-state index is -0.274. The predicted octanol–water partition coefficient (Wildman–Crippen LogP) is 6.08. The molecule has 3 aromatic rings. The first-order valence-electron chi connectivity index (χ1n) is 11.2. The second-order valence-electron chi connectivity index (χ2n) is 10.8. The van der Waals surface area contributed by atoms with E-state index < -0.39 is 0 Å². The Hall–Kier alpha value is -2.89. The SMILES string of the molecule is Cc1cc(-c2cc(C(=O)CC(C)(C)C3CC3)cc(-n3nnnc3C(C)(C)C)c2)ccc1F. The lowest BCUT2D eigenvalue weighted by Crippen LogP contribution is -2.21. The van der Waals surface area contributed by atoms with Crippen molar-refractivity contribution in [3.8, 4) is 16.8 Å². The number of hydrogen-bond acceptors (Lipinski definition) is 4. The molecule has 1 heterocycles. The maximum atomic E-state index is 13.9. The van der Waals surface area contributed by atoms with Crippen molar-refractivity contribution < 1.29 is 9.18 Å². The molecule has 5 nitrogen and oxygen atoms in total. The average molecular weight is 435 g/mol. The van der Waals surface area contributed by atoms with Crippen LogP contribution in [0.1, 0.15) is 75.6 Å². The van der Waals surface area contributed by atoms with E-state index in [1.165, 1.54) is 18.9 Å². The van der Waals surface area contributed by atoms with Gasteiger partial charge in [-0.1, -0.05) is 40.7 Å². The van der Waals surface area contributed by atoms with Crippen molar-refractivity contribution in [3.63, 3.8) is 0 Å². The number of rotatable bonds is 6. The van der Waals surface area contributed by atoms with Crippen LogP contribution in [0.4, 0.5) is 4.39 Å². The summed E-state index contributed by atoms with van der Waals surface area (Å²) in [6.07, 6.45) is 2.88. The van der Waals surface area contributed by atoms with Crippen LogP contribution in [0.3, 0.4) is 0 Å². The average Bonchev–Trinajstić information content (AvgIpc) is 3.46. The first kappa shape index (κ1) is 22.3. The molecular formula is C26H31FN4O. The van der Waals surface area contributed by atoms with E-state index in [1.807, 2.05) is 39.0 Å². The summed E-state index contributed by atoms with van der Waals surface area (Å²) < 4.78 is 15.6. The molecule has 0 unspecified atom stereocenters. The summed E-state index contributed by atoms with van der Waals surface area (Å²) in [6, 6.07) is 10.8. The molecule has 0 saturated heterocycles. The first-order valence-corrected chi connectivity index (χ1v) is 11.2. The second-order valence-corrected chi connectivity index (χ2v) is 10.8. The fourth-order valence-electron chi connectivity index (χ4n) is 4.24. The molecule has 1 aromatic heterocycles. The summed E-state index contributed by atoms with van der Waals surface area (Å²) in [5, 5.41) is 12.3. The van der Waals surface area contributed by atoms with Crippen molar-refractivity contribution in [1.29, 1.82) is 0 Å². The highest BCUT2D eigenvalue weighted by atomic mass is 19.1. The van der Waals surface area contributed by atoms with Gasteiger partial charge in [0.25, 0.3) is 0 Å². The lowest BCUT2D eigenvalue weighted by Gasteiger charge is -2.23. The first-order chi connectivity index (χ1) is 15.0. The van der Waals surface area contributed by atoms with Gasteiger partial charge in [0.1, 0.15) is 5.82 Å². The van der Waals surface area contributed by atoms with Crippen molar-refractivity contribution in [2.75, 3.05) is 0 Å². The molecule has 0 radical (unpaired) electrons. The largest absolute Gasteiger partial charge is 0.294 e. The fraction of sp³-hybridized carbons (Fsp3) is 0.462. The van der Waals surface area contributed by atoms with Gasteiger partial charge in [0, 0.05) is 17.4 Å². The lowest BCUT2D eigenvalue weighted by molar-refractivity contribution is 0.0917. The Morgan fingerprint density at radius 2 is 1.78 bits per heavy atom. The number of hydrogen-bond donors (Lipinski definition) is 0. The summed E-state index contributed by atoms with van der Waals surface area (Å²) in [5.74, 6) is 1.18. The minimum Gasteiger partial charge on any atom is -0.294 e. The highest BCUT2D eigenvalue weighted by Gasteiger charge is 2.39. The molecule has 0 spiro atoms. The smallest absolute Gasteiger partial charge is 0.163 e. The minimum absolute atomic E-state index is 0.0227. The van der Waals surface area contributed by atoms with Crippen LogP contribution in [-0.2, 0) is 5.41 Å². The number of aryl methyl sites for hydroxylation is 1. The number of halogens is 1. The highest BCUT2D eigenvalue weighted by Crippen LogP contribution is 2.47. The maximum Gasteiger partial charge on any atom is 0.163 e. The Morgan fingerprint density at radius 1 is 1.06 bits per heavy atom. The number of Topliss-reactive ketones (excluding diaryl/α,β-unsaturated/α-hetero) is 1. The van der Waals surface area contributed by atoms with Gasteiger partial charge < -0.3 is 0 Å². The Balaban J connectivity index is 1.83. The van der Waals surface area contributed by atoms with Crippen LogP contribution in [0.15, 0.2) is 36.4 Å². The number of carbonyl (C=O) groups excluding carboxylic acids is 1. The van der Waals surface area contributed by atoms with E-state index in [1.54, 1.807) is 23.7 Å². The monoisotopic (exact) mass is 434 g/mol. The van der Waals surface area contributed by atoms with Gasteiger partial charge in [-0.05, 0) is 88.5 Å². The molecule has 0 bridgehead atoms. The van der Waals surface area contributed by atoms with Crippen LogP contribution in [0.2, 0.25) is 0 Å². The van der Waals surface area contributed by atoms with Gasteiger partial charge in [0.15, 0.2) is 11.6 Å². The van der Waals surface area contributed by atoms with Gasteiger partial charge in [-0.15, -0.1) is 5.10 Å². The third-order valence-corrected chi connectivity index (χ3v) is 6.41. The summed E-state index contributed by atoms with van der Waals surface area (Å²) in [7, 11) is 0. The fourth-order valence-corrected chi connectivity index (χ4v) is 4.24. The molecule has 32 heavy (non-hydrogen) atoms. The van der Waals surface area contributed by atoms with Crippen LogP contribution < -0.4 is 0 Å². The molecule has 0 N–H and O–H groups in total. The van der Waals surface area contributed by atoms with Gasteiger partial charge in [0.05, 0.1) is 5.69 Å². The van der Waals surface area contributed by atoms with E-state index in [0.29, 0.717) is 29.3 Å². The standard InChI is InChI=1S/C26H31FN4O/c1-16-11-17(7-10-22(16)27)18-12-19(23(32)15-26(5,6)20-8-9-20)14-21(13-18)31-24(25(2,3)4)28-29-30-31/h7,10-14,20H,8-9,15H2,1-6H3. The number of ketones is 1. The summed E-state index contributed by atoms with van der Waals surface area (Å²) in [4.78, 5) is 13.4. The Kier molecular flexibility index (Phi) is 5.51. The molecule has 0 amide bonds. The van der Waals surface area contributed by atoms with E-state index in [2.05, 4.69) is 29.4 Å². The number of carbonyl (C=O) groups is 1. The van der Waals surface area contributed by atoms with Crippen molar-refractivity contribution >= 4 is 5.78 Å². The second kappa shape index (κ2) is 7.91.